The molecule has 5 heteroatoms. The highest BCUT2D eigenvalue weighted by Crippen LogP contribution is 2.34. The Kier molecular flexibility index (Phi) is 2.43. The first kappa shape index (κ1) is 9.96. The van der Waals surface area contributed by atoms with Crippen molar-refractivity contribution < 1.29 is 0 Å². The summed E-state index contributed by atoms with van der Waals surface area (Å²) in [5, 5.41) is 0.643. The van der Waals surface area contributed by atoms with Crippen LogP contribution in [-0.4, -0.2) is 35.4 Å². The summed E-state index contributed by atoms with van der Waals surface area (Å²) in [5.41, 5.74) is 1.16. The Bertz CT molecular complexity index is 384. The Hall–Kier alpha value is -0.230. The lowest BCUT2D eigenvalue weighted by Crippen LogP contribution is -2.35. The van der Waals surface area contributed by atoms with E-state index in [0.717, 1.165) is 24.8 Å². The van der Waals surface area contributed by atoms with E-state index >= 15 is 0 Å². The highest BCUT2D eigenvalue weighted by atomic mass is 127. The molecule has 2 heterocycles. The molecule has 3 aliphatic rings. The van der Waals surface area contributed by atoms with E-state index in [1.165, 1.54) is 16.4 Å². The second kappa shape index (κ2) is 3.66. The second-order valence-electron chi connectivity index (χ2n) is 4.12. The molecule has 0 aromatic carbocycles. The van der Waals surface area contributed by atoms with Crippen molar-refractivity contribution in [2.24, 2.45) is 4.99 Å². The predicted octanol–water partition coefficient (Wildman–Crippen LogP) is 2.49. The number of fused-ring (bicyclic) bond motifs is 2. The van der Waals surface area contributed by atoms with Gasteiger partial charge in [-0.2, -0.15) is 0 Å². The first-order valence-electron chi connectivity index (χ1n) is 5.04. The lowest BCUT2D eigenvalue weighted by Gasteiger charge is -2.27. The molecule has 0 atom stereocenters. The number of rotatable bonds is 1. The van der Waals surface area contributed by atoms with E-state index in [-0.39, 0.29) is 0 Å². The average molecular weight is 336 g/mol. The summed E-state index contributed by atoms with van der Waals surface area (Å²) in [5.74, 6) is 0. The van der Waals surface area contributed by atoms with Crippen LogP contribution in [0.4, 0.5) is 0 Å². The average Bonchev–Trinajstić information content (AvgIpc) is 3.01. The van der Waals surface area contributed by atoms with Crippen LogP contribution in [0, 0.1) is 0 Å². The minimum Gasteiger partial charge on any atom is -0.356 e. The molecule has 0 radical (unpaired) electrons. The number of halogens is 2. The molecular weight excluding hydrogens is 324 g/mol. The van der Waals surface area contributed by atoms with E-state index in [2.05, 4.69) is 43.6 Å². The molecule has 1 saturated carbocycles. The summed E-state index contributed by atoms with van der Waals surface area (Å²) in [4.78, 5) is 8.82. The van der Waals surface area contributed by atoms with E-state index in [1.807, 2.05) is 6.34 Å². The molecule has 1 aliphatic carbocycles. The number of hydrogen-bond donors (Lipinski definition) is 0. The third-order valence-electron chi connectivity index (χ3n) is 2.87. The van der Waals surface area contributed by atoms with Gasteiger partial charge < -0.3 is 9.80 Å². The molecule has 3 rings (SSSR count). The van der Waals surface area contributed by atoms with Gasteiger partial charge in [-0.25, -0.2) is 4.99 Å². The molecule has 0 N–H and O–H groups in total. The van der Waals surface area contributed by atoms with E-state index < -0.39 is 0 Å². The first-order valence-corrected chi connectivity index (χ1v) is 6.50. The number of aliphatic imine (C=N–C) groups is 1. The topological polar surface area (TPSA) is 18.8 Å². The van der Waals surface area contributed by atoms with Crippen molar-refractivity contribution in [3.8, 4) is 0 Å². The van der Waals surface area contributed by atoms with Gasteiger partial charge in [-0.15, -0.1) is 0 Å². The highest BCUT2D eigenvalue weighted by molar-refractivity contribution is 14.1. The van der Waals surface area contributed by atoms with Crippen molar-refractivity contribution in [1.82, 2.24) is 9.80 Å². The van der Waals surface area contributed by atoms with Crippen molar-refractivity contribution in [1.29, 1.82) is 0 Å². The fourth-order valence-electron chi connectivity index (χ4n) is 1.88. The van der Waals surface area contributed by atoms with Crippen LogP contribution in [0.1, 0.15) is 12.8 Å². The fraction of sp³-hybridized carbons (Fsp3) is 0.500. The van der Waals surface area contributed by atoms with Crippen molar-refractivity contribution in [3.05, 3.63) is 20.5 Å². The molecule has 0 saturated heterocycles. The van der Waals surface area contributed by atoms with Crippen LogP contribution in [0.3, 0.4) is 0 Å². The smallest absolute Gasteiger partial charge is 0.136 e. The van der Waals surface area contributed by atoms with Gasteiger partial charge in [-0.1, -0.05) is 11.6 Å². The van der Waals surface area contributed by atoms with E-state index in [1.54, 1.807) is 0 Å². The van der Waals surface area contributed by atoms with Gasteiger partial charge in [-0.05, 0) is 35.4 Å². The quantitative estimate of drug-likeness (QED) is 0.541. The van der Waals surface area contributed by atoms with Gasteiger partial charge in [0.15, 0.2) is 0 Å². The van der Waals surface area contributed by atoms with Crippen molar-refractivity contribution in [3.63, 3.8) is 0 Å². The SMILES string of the molecule is ClC1=C2CN(C=N1)CN(C1CC1)C=C2I. The molecular formula is C10H11ClIN3. The Morgan fingerprint density at radius 1 is 1.47 bits per heavy atom. The van der Waals surface area contributed by atoms with Gasteiger partial charge in [0, 0.05) is 27.9 Å². The molecule has 80 valence electrons. The van der Waals surface area contributed by atoms with Crippen LogP contribution in [0.5, 0.6) is 0 Å². The zero-order valence-electron chi connectivity index (χ0n) is 8.16. The molecule has 0 amide bonds. The standard InChI is InChI=1S/C10H11ClIN3/c11-10-8-3-14(5-13-10)6-15(4-9(8)12)7-1-2-7/h4-5,7H,1-3,6H2. The summed E-state index contributed by atoms with van der Waals surface area (Å²) >= 11 is 8.44. The molecule has 3 nitrogen and oxygen atoms in total. The molecule has 0 unspecified atom stereocenters. The van der Waals surface area contributed by atoms with E-state index in [4.69, 9.17) is 11.6 Å². The number of hydrogen-bond acceptors (Lipinski definition) is 3. The molecule has 0 aromatic rings. The van der Waals surface area contributed by atoms with E-state index in [9.17, 15) is 0 Å². The normalized spacial score (nSPS) is 25.6. The minimum absolute atomic E-state index is 0.643. The highest BCUT2D eigenvalue weighted by Gasteiger charge is 2.31. The predicted molar refractivity (Wildman–Crippen MR) is 69.9 cm³/mol. The van der Waals surface area contributed by atoms with Gasteiger partial charge in [-0.3, -0.25) is 0 Å². The maximum absolute atomic E-state index is 6.08. The van der Waals surface area contributed by atoms with Crippen LogP contribution in [0.15, 0.2) is 25.5 Å². The zero-order valence-corrected chi connectivity index (χ0v) is 11.1. The minimum atomic E-state index is 0.643. The van der Waals surface area contributed by atoms with Crippen molar-refractivity contribution in [2.45, 2.75) is 18.9 Å². The van der Waals surface area contributed by atoms with Gasteiger partial charge in [0.1, 0.15) is 5.16 Å². The van der Waals surface area contributed by atoms with Crippen LogP contribution >= 0.6 is 34.2 Å². The Morgan fingerprint density at radius 2 is 2.27 bits per heavy atom. The molecule has 15 heavy (non-hydrogen) atoms. The fourth-order valence-corrected chi connectivity index (χ4v) is 3.03. The van der Waals surface area contributed by atoms with Gasteiger partial charge in [0.2, 0.25) is 0 Å². The van der Waals surface area contributed by atoms with Gasteiger partial charge in [0.05, 0.1) is 13.0 Å². The maximum atomic E-state index is 6.08. The van der Waals surface area contributed by atoms with Crippen LogP contribution in [-0.2, 0) is 0 Å². The van der Waals surface area contributed by atoms with Crippen LogP contribution < -0.4 is 0 Å². The Balaban J connectivity index is 1.97. The molecule has 1 fully saturated rings. The summed E-state index contributed by atoms with van der Waals surface area (Å²) in [7, 11) is 0. The number of nitrogens with zero attached hydrogens (tertiary/aromatic N) is 3. The maximum Gasteiger partial charge on any atom is 0.136 e. The van der Waals surface area contributed by atoms with Gasteiger partial charge >= 0.3 is 0 Å². The molecule has 2 bridgehead atoms. The Morgan fingerprint density at radius 3 is 3.00 bits per heavy atom. The lowest BCUT2D eigenvalue weighted by atomic mass is 10.2. The van der Waals surface area contributed by atoms with Crippen LogP contribution in [0.25, 0.3) is 0 Å². The van der Waals surface area contributed by atoms with Gasteiger partial charge in [0.25, 0.3) is 0 Å². The third-order valence-corrected chi connectivity index (χ3v) is 4.13. The summed E-state index contributed by atoms with van der Waals surface area (Å²) in [6.07, 6.45) is 6.71. The van der Waals surface area contributed by atoms with Crippen molar-refractivity contribution in [2.75, 3.05) is 13.2 Å². The first-order chi connectivity index (χ1) is 7.24. The zero-order chi connectivity index (χ0) is 10.4. The van der Waals surface area contributed by atoms with Crippen molar-refractivity contribution >= 4 is 40.5 Å². The Labute approximate surface area is 108 Å². The summed E-state index contributed by atoms with van der Waals surface area (Å²) in [6.45, 7) is 1.83. The largest absolute Gasteiger partial charge is 0.356 e. The third kappa shape index (κ3) is 1.89. The van der Waals surface area contributed by atoms with Crippen LogP contribution in [0.2, 0.25) is 0 Å². The second-order valence-corrected chi connectivity index (χ2v) is 5.64. The summed E-state index contributed by atoms with van der Waals surface area (Å²) < 4.78 is 1.23. The molecule has 0 aromatic heterocycles. The molecule has 0 spiro atoms. The molecule has 2 aliphatic heterocycles. The monoisotopic (exact) mass is 335 g/mol. The van der Waals surface area contributed by atoms with E-state index in [0.29, 0.717) is 5.16 Å². The lowest BCUT2D eigenvalue weighted by molar-refractivity contribution is 0.260. The summed E-state index contributed by atoms with van der Waals surface area (Å²) in [6, 6.07) is 0.738.